The second-order valence-corrected chi connectivity index (χ2v) is 8.00. The molecule has 1 heterocycles. The van der Waals surface area contributed by atoms with Crippen molar-refractivity contribution in [2.24, 2.45) is 5.92 Å². The van der Waals surface area contributed by atoms with Crippen LogP contribution >= 0.6 is 11.3 Å². The lowest BCUT2D eigenvalue weighted by Crippen LogP contribution is -2.16. The van der Waals surface area contributed by atoms with Crippen LogP contribution in [0.2, 0.25) is 0 Å². The summed E-state index contributed by atoms with van der Waals surface area (Å²) in [5, 5.41) is 4.69. The zero-order valence-corrected chi connectivity index (χ0v) is 13.9. The summed E-state index contributed by atoms with van der Waals surface area (Å²) in [4.78, 5) is 6.46. The zero-order valence-electron chi connectivity index (χ0n) is 13.0. The highest BCUT2D eigenvalue weighted by molar-refractivity contribution is 7.11. The molecule has 0 bridgehead atoms. The van der Waals surface area contributed by atoms with E-state index in [1.54, 1.807) is 0 Å². The fourth-order valence-electron chi connectivity index (χ4n) is 3.08. The van der Waals surface area contributed by atoms with Crippen LogP contribution in [0.1, 0.15) is 74.9 Å². The van der Waals surface area contributed by atoms with E-state index < -0.39 is 0 Å². The van der Waals surface area contributed by atoms with Gasteiger partial charge in [0, 0.05) is 22.8 Å². The van der Waals surface area contributed by atoms with E-state index in [4.69, 9.17) is 4.98 Å². The van der Waals surface area contributed by atoms with Crippen LogP contribution in [0.3, 0.4) is 0 Å². The molecule has 1 aliphatic carbocycles. The van der Waals surface area contributed by atoms with Gasteiger partial charge in [0.05, 0.1) is 10.7 Å². The molecular formula is C16H28N2S. The van der Waals surface area contributed by atoms with Crippen LogP contribution in [-0.4, -0.2) is 12.0 Å². The van der Waals surface area contributed by atoms with E-state index >= 15 is 0 Å². The first kappa shape index (κ1) is 15.0. The second kappa shape index (κ2) is 5.92. The molecule has 2 nitrogen and oxygen atoms in total. The van der Waals surface area contributed by atoms with E-state index in [2.05, 4.69) is 33.0 Å². The van der Waals surface area contributed by atoms with Gasteiger partial charge in [-0.15, -0.1) is 11.3 Å². The van der Waals surface area contributed by atoms with E-state index in [1.807, 2.05) is 18.4 Å². The summed E-state index contributed by atoms with van der Waals surface area (Å²) in [5.41, 5.74) is 1.46. The first-order valence-corrected chi connectivity index (χ1v) is 8.42. The van der Waals surface area contributed by atoms with E-state index in [-0.39, 0.29) is 5.41 Å². The molecule has 2 rings (SSSR count). The fraction of sp³-hybridized carbons (Fsp3) is 0.812. The Morgan fingerprint density at radius 1 is 1.32 bits per heavy atom. The Kier molecular flexibility index (Phi) is 4.67. The highest BCUT2D eigenvalue weighted by Crippen LogP contribution is 2.42. The SMILES string of the molecule is CCC1CCC(c2nc(C(C)(C)C)c(CNC)s2)C1. The average molecular weight is 280 g/mol. The number of aromatic nitrogens is 1. The lowest BCUT2D eigenvalue weighted by Gasteiger charge is -2.17. The maximum absolute atomic E-state index is 5.03. The van der Waals surface area contributed by atoms with Crippen LogP contribution in [0.5, 0.6) is 0 Å². The molecule has 108 valence electrons. The highest BCUT2D eigenvalue weighted by atomic mass is 32.1. The van der Waals surface area contributed by atoms with Crippen LogP contribution in [0.15, 0.2) is 0 Å². The summed E-state index contributed by atoms with van der Waals surface area (Å²) in [6.07, 6.45) is 5.42. The van der Waals surface area contributed by atoms with E-state index in [9.17, 15) is 0 Å². The summed E-state index contributed by atoms with van der Waals surface area (Å²) in [7, 11) is 2.02. The topological polar surface area (TPSA) is 24.9 Å². The third-order valence-corrected chi connectivity index (χ3v) is 5.45. The molecule has 2 atom stereocenters. The number of thiazole rings is 1. The number of hydrogen-bond donors (Lipinski definition) is 1. The molecular weight excluding hydrogens is 252 g/mol. The Labute approximate surface area is 122 Å². The van der Waals surface area contributed by atoms with Crippen molar-refractivity contribution < 1.29 is 0 Å². The molecule has 0 aromatic carbocycles. The van der Waals surface area contributed by atoms with E-state index in [0.717, 1.165) is 18.4 Å². The van der Waals surface area contributed by atoms with Crippen molar-refractivity contribution in [3.8, 4) is 0 Å². The molecule has 3 heteroatoms. The van der Waals surface area contributed by atoms with Gasteiger partial charge in [-0.3, -0.25) is 0 Å². The lowest BCUT2D eigenvalue weighted by molar-refractivity contribution is 0.519. The molecule has 1 aromatic rings. The Balaban J connectivity index is 2.23. The quantitative estimate of drug-likeness (QED) is 0.881. The molecule has 1 aromatic heterocycles. The molecule has 0 radical (unpaired) electrons. The van der Waals surface area contributed by atoms with E-state index in [1.165, 1.54) is 41.3 Å². The molecule has 0 aliphatic heterocycles. The van der Waals surface area contributed by atoms with Crippen LogP contribution in [0.25, 0.3) is 0 Å². The minimum absolute atomic E-state index is 0.156. The van der Waals surface area contributed by atoms with Gasteiger partial charge in [0.2, 0.25) is 0 Å². The number of nitrogens with one attached hydrogen (secondary N) is 1. The summed E-state index contributed by atoms with van der Waals surface area (Å²) in [6.45, 7) is 10.1. The van der Waals surface area contributed by atoms with Gasteiger partial charge in [0.15, 0.2) is 0 Å². The Bertz CT molecular complexity index is 417. The smallest absolute Gasteiger partial charge is 0.0962 e. The molecule has 0 saturated heterocycles. The summed E-state index contributed by atoms with van der Waals surface area (Å²) in [6, 6.07) is 0. The van der Waals surface area contributed by atoms with Crippen molar-refractivity contribution >= 4 is 11.3 Å². The standard InChI is InChI=1S/C16H28N2S/c1-6-11-7-8-12(9-11)15-18-14(16(2,3)4)13(19-15)10-17-5/h11-12,17H,6-10H2,1-5H3. The van der Waals surface area contributed by atoms with Gasteiger partial charge in [-0.2, -0.15) is 0 Å². The van der Waals surface area contributed by atoms with Gasteiger partial charge < -0.3 is 5.32 Å². The van der Waals surface area contributed by atoms with Crippen molar-refractivity contribution in [3.05, 3.63) is 15.6 Å². The van der Waals surface area contributed by atoms with Gasteiger partial charge in [0.1, 0.15) is 0 Å². The van der Waals surface area contributed by atoms with Crippen LogP contribution in [-0.2, 0) is 12.0 Å². The Hall–Kier alpha value is -0.410. The van der Waals surface area contributed by atoms with Gasteiger partial charge in [0.25, 0.3) is 0 Å². The van der Waals surface area contributed by atoms with Crippen molar-refractivity contribution in [2.75, 3.05) is 7.05 Å². The highest BCUT2D eigenvalue weighted by Gasteiger charge is 2.30. The van der Waals surface area contributed by atoms with Gasteiger partial charge in [-0.1, -0.05) is 34.1 Å². The first-order valence-electron chi connectivity index (χ1n) is 7.60. The monoisotopic (exact) mass is 280 g/mol. The average Bonchev–Trinajstić information content (AvgIpc) is 2.93. The van der Waals surface area contributed by atoms with E-state index in [0.29, 0.717) is 0 Å². The molecule has 2 unspecified atom stereocenters. The van der Waals surface area contributed by atoms with Gasteiger partial charge in [-0.05, 0) is 32.2 Å². The predicted molar refractivity (Wildman–Crippen MR) is 84.0 cm³/mol. The maximum atomic E-state index is 5.03. The van der Waals surface area contributed by atoms with Crippen LogP contribution in [0, 0.1) is 5.92 Å². The molecule has 0 amide bonds. The molecule has 1 saturated carbocycles. The molecule has 19 heavy (non-hydrogen) atoms. The van der Waals surface area contributed by atoms with Gasteiger partial charge in [-0.25, -0.2) is 4.98 Å². The summed E-state index contributed by atoms with van der Waals surface area (Å²) >= 11 is 1.95. The minimum atomic E-state index is 0.156. The lowest BCUT2D eigenvalue weighted by atomic mass is 9.91. The number of rotatable bonds is 4. The molecule has 0 spiro atoms. The third kappa shape index (κ3) is 3.38. The first-order chi connectivity index (χ1) is 8.95. The van der Waals surface area contributed by atoms with Crippen LogP contribution < -0.4 is 5.32 Å². The second-order valence-electron chi connectivity index (χ2n) is 6.89. The van der Waals surface area contributed by atoms with Gasteiger partial charge >= 0.3 is 0 Å². The van der Waals surface area contributed by atoms with Crippen molar-refractivity contribution in [3.63, 3.8) is 0 Å². The Morgan fingerprint density at radius 2 is 2.05 bits per heavy atom. The van der Waals surface area contributed by atoms with Crippen molar-refractivity contribution in [2.45, 2.75) is 71.3 Å². The normalized spacial score (nSPS) is 24.1. The van der Waals surface area contributed by atoms with Crippen LogP contribution in [0.4, 0.5) is 0 Å². The Morgan fingerprint density at radius 3 is 2.58 bits per heavy atom. The molecule has 1 N–H and O–H groups in total. The van der Waals surface area contributed by atoms with Crippen molar-refractivity contribution in [1.29, 1.82) is 0 Å². The summed E-state index contributed by atoms with van der Waals surface area (Å²) in [5.74, 6) is 1.65. The largest absolute Gasteiger partial charge is 0.315 e. The predicted octanol–water partition coefficient (Wildman–Crippen LogP) is 4.45. The molecule has 1 aliphatic rings. The molecule has 1 fully saturated rings. The summed E-state index contributed by atoms with van der Waals surface area (Å²) < 4.78 is 0. The third-order valence-electron chi connectivity index (χ3n) is 4.23. The number of hydrogen-bond acceptors (Lipinski definition) is 3. The fourth-order valence-corrected chi connectivity index (χ4v) is 4.52. The number of nitrogens with zero attached hydrogens (tertiary/aromatic N) is 1. The maximum Gasteiger partial charge on any atom is 0.0962 e. The van der Waals surface area contributed by atoms with Crippen molar-refractivity contribution in [1.82, 2.24) is 10.3 Å². The zero-order chi connectivity index (χ0) is 14.0. The minimum Gasteiger partial charge on any atom is -0.315 e.